The molecular formula is C20H19N5O. The largest absolute Gasteiger partial charge is 0.321 e. The van der Waals surface area contributed by atoms with Gasteiger partial charge in [0.2, 0.25) is 0 Å². The van der Waals surface area contributed by atoms with E-state index in [1.807, 2.05) is 67.2 Å². The SMILES string of the molecule is Cc1nn(C)c2cc(NC(=O)c3cc(Cc4ccccc4)[nH]n3)ccc12. The summed E-state index contributed by atoms with van der Waals surface area (Å²) in [6.45, 7) is 1.97. The minimum Gasteiger partial charge on any atom is -0.321 e. The summed E-state index contributed by atoms with van der Waals surface area (Å²) < 4.78 is 1.81. The molecule has 0 aliphatic rings. The number of benzene rings is 2. The molecule has 0 radical (unpaired) electrons. The Labute approximate surface area is 150 Å². The highest BCUT2D eigenvalue weighted by Crippen LogP contribution is 2.22. The Morgan fingerprint density at radius 3 is 2.77 bits per heavy atom. The van der Waals surface area contributed by atoms with Gasteiger partial charge in [-0.25, -0.2) is 0 Å². The fourth-order valence-electron chi connectivity index (χ4n) is 3.10. The number of carbonyl (C=O) groups is 1. The van der Waals surface area contributed by atoms with E-state index in [1.54, 1.807) is 6.07 Å². The molecule has 0 spiro atoms. The predicted molar refractivity (Wildman–Crippen MR) is 101 cm³/mol. The Morgan fingerprint density at radius 2 is 1.96 bits per heavy atom. The molecule has 1 amide bonds. The van der Waals surface area contributed by atoms with Gasteiger partial charge in [0.25, 0.3) is 5.91 Å². The molecule has 2 heterocycles. The van der Waals surface area contributed by atoms with Crippen LogP contribution < -0.4 is 5.32 Å². The van der Waals surface area contributed by atoms with Gasteiger partial charge in [0.15, 0.2) is 5.69 Å². The van der Waals surface area contributed by atoms with Crippen LogP contribution >= 0.6 is 0 Å². The van der Waals surface area contributed by atoms with Crippen LogP contribution in [0.15, 0.2) is 54.6 Å². The molecule has 6 nitrogen and oxygen atoms in total. The summed E-state index contributed by atoms with van der Waals surface area (Å²) in [6.07, 6.45) is 0.710. The summed E-state index contributed by atoms with van der Waals surface area (Å²) in [4.78, 5) is 12.5. The van der Waals surface area contributed by atoms with Crippen molar-refractivity contribution < 1.29 is 4.79 Å². The minimum atomic E-state index is -0.237. The standard InChI is InChI=1S/C20H19N5O/c1-13-17-9-8-15(12-19(17)25(2)24-13)21-20(26)18-11-16(22-23-18)10-14-6-4-3-5-7-14/h3-9,11-12H,10H2,1-2H3,(H,21,26)(H,22,23). The second kappa shape index (κ2) is 6.48. The van der Waals surface area contributed by atoms with E-state index in [-0.39, 0.29) is 5.91 Å². The van der Waals surface area contributed by atoms with E-state index in [4.69, 9.17) is 0 Å². The molecular weight excluding hydrogens is 326 g/mol. The number of nitrogens with zero attached hydrogens (tertiary/aromatic N) is 3. The molecule has 0 unspecified atom stereocenters. The van der Waals surface area contributed by atoms with Crippen LogP contribution in [-0.2, 0) is 13.5 Å². The highest BCUT2D eigenvalue weighted by atomic mass is 16.1. The highest BCUT2D eigenvalue weighted by Gasteiger charge is 2.12. The van der Waals surface area contributed by atoms with Crippen LogP contribution in [0.2, 0.25) is 0 Å². The summed E-state index contributed by atoms with van der Waals surface area (Å²) in [6, 6.07) is 17.6. The molecule has 2 aromatic carbocycles. The quantitative estimate of drug-likeness (QED) is 0.595. The maximum absolute atomic E-state index is 12.5. The van der Waals surface area contributed by atoms with Crippen molar-refractivity contribution in [2.75, 3.05) is 5.32 Å². The highest BCUT2D eigenvalue weighted by molar-refractivity contribution is 6.03. The van der Waals surface area contributed by atoms with Gasteiger partial charge in [0, 0.05) is 30.2 Å². The number of aryl methyl sites for hydroxylation is 2. The molecule has 0 bridgehead atoms. The number of anilines is 1. The third-order valence-corrected chi connectivity index (χ3v) is 4.39. The lowest BCUT2D eigenvalue weighted by Gasteiger charge is -2.04. The molecule has 26 heavy (non-hydrogen) atoms. The lowest BCUT2D eigenvalue weighted by Crippen LogP contribution is -2.12. The maximum atomic E-state index is 12.5. The van der Waals surface area contributed by atoms with Crippen LogP contribution in [0, 0.1) is 6.92 Å². The number of carbonyl (C=O) groups excluding carboxylic acids is 1. The van der Waals surface area contributed by atoms with Crippen LogP contribution in [0.4, 0.5) is 5.69 Å². The van der Waals surface area contributed by atoms with Gasteiger partial charge in [-0.15, -0.1) is 0 Å². The number of hydrogen-bond acceptors (Lipinski definition) is 3. The topological polar surface area (TPSA) is 75.6 Å². The summed E-state index contributed by atoms with van der Waals surface area (Å²) in [5.74, 6) is -0.237. The number of hydrogen-bond donors (Lipinski definition) is 2. The van der Waals surface area contributed by atoms with E-state index in [1.165, 1.54) is 5.56 Å². The monoisotopic (exact) mass is 345 g/mol. The smallest absolute Gasteiger partial charge is 0.276 e. The van der Waals surface area contributed by atoms with Gasteiger partial charge < -0.3 is 5.32 Å². The third-order valence-electron chi connectivity index (χ3n) is 4.39. The van der Waals surface area contributed by atoms with E-state index in [0.717, 1.165) is 28.0 Å². The lowest BCUT2D eigenvalue weighted by atomic mass is 10.1. The first-order chi connectivity index (χ1) is 12.6. The zero-order chi connectivity index (χ0) is 18.1. The number of aromatic nitrogens is 4. The molecule has 0 atom stereocenters. The molecule has 0 saturated heterocycles. The maximum Gasteiger partial charge on any atom is 0.276 e. The fraction of sp³-hybridized carbons (Fsp3) is 0.150. The van der Waals surface area contributed by atoms with E-state index < -0.39 is 0 Å². The van der Waals surface area contributed by atoms with Gasteiger partial charge in [-0.3, -0.25) is 14.6 Å². The van der Waals surface area contributed by atoms with Gasteiger partial charge in [-0.05, 0) is 36.8 Å². The Morgan fingerprint density at radius 1 is 1.15 bits per heavy atom. The van der Waals surface area contributed by atoms with Crippen molar-refractivity contribution in [3.05, 3.63) is 77.2 Å². The van der Waals surface area contributed by atoms with Crippen LogP contribution in [0.25, 0.3) is 10.9 Å². The lowest BCUT2D eigenvalue weighted by molar-refractivity contribution is 0.102. The zero-order valence-corrected chi connectivity index (χ0v) is 14.7. The first kappa shape index (κ1) is 16.1. The van der Waals surface area contributed by atoms with Crippen molar-refractivity contribution in [3.63, 3.8) is 0 Å². The average Bonchev–Trinajstić information content (AvgIpc) is 3.21. The zero-order valence-electron chi connectivity index (χ0n) is 14.7. The van der Waals surface area contributed by atoms with Crippen LogP contribution in [-0.4, -0.2) is 25.9 Å². The van der Waals surface area contributed by atoms with Crippen molar-refractivity contribution in [1.29, 1.82) is 0 Å². The molecule has 0 aliphatic heterocycles. The van der Waals surface area contributed by atoms with E-state index >= 15 is 0 Å². The van der Waals surface area contributed by atoms with Crippen molar-refractivity contribution >= 4 is 22.5 Å². The van der Waals surface area contributed by atoms with Gasteiger partial charge in [-0.2, -0.15) is 10.2 Å². The molecule has 130 valence electrons. The number of amides is 1. The summed E-state index contributed by atoms with van der Waals surface area (Å²) in [5.41, 5.74) is 5.11. The molecule has 2 aromatic heterocycles. The second-order valence-corrected chi connectivity index (χ2v) is 6.34. The normalized spacial score (nSPS) is 11.0. The first-order valence-corrected chi connectivity index (χ1v) is 8.43. The van der Waals surface area contributed by atoms with Crippen LogP contribution in [0.3, 0.4) is 0 Å². The molecule has 4 aromatic rings. The third kappa shape index (κ3) is 3.09. The Hall–Kier alpha value is -3.41. The Balaban J connectivity index is 1.51. The predicted octanol–water partition coefficient (Wildman–Crippen LogP) is 3.45. The summed E-state index contributed by atoms with van der Waals surface area (Å²) >= 11 is 0. The molecule has 0 saturated carbocycles. The first-order valence-electron chi connectivity index (χ1n) is 8.43. The van der Waals surface area contributed by atoms with E-state index in [0.29, 0.717) is 12.1 Å². The average molecular weight is 345 g/mol. The summed E-state index contributed by atoms with van der Waals surface area (Å²) in [5, 5.41) is 15.5. The van der Waals surface area contributed by atoms with Gasteiger partial charge in [0.1, 0.15) is 0 Å². The second-order valence-electron chi connectivity index (χ2n) is 6.34. The van der Waals surface area contributed by atoms with E-state index in [9.17, 15) is 4.79 Å². The van der Waals surface area contributed by atoms with Crippen LogP contribution in [0.1, 0.15) is 27.4 Å². The van der Waals surface area contributed by atoms with Gasteiger partial charge in [-0.1, -0.05) is 30.3 Å². The molecule has 0 fully saturated rings. The Kier molecular flexibility index (Phi) is 4.01. The number of H-pyrrole nitrogens is 1. The molecule has 6 heteroatoms. The molecule has 0 aliphatic carbocycles. The number of rotatable bonds is 4. The number of aromatic amines is 1. The Bertz CT molecular complexity index is 1080. The van der Waals surface area contributed by atoms with Crippen molar-refractivity contribution in [3.8, 4) is 0 Å². The van der Waals surface area contributed by atoms with Crippen molar-refractivity contribution in [2.24, 2.45) is 7.05 Å². The molecule has 4 rings (SSSR count). The van der Waals surface area contributed by atoms with Crippen LogP contribution in [0.5, 0.6) is 0 Å². The fourth-order valence-corrected chi connectivity index (χ4v) is 3.10. The summed E-state index contributed by atoms with van der Waals surface area (Å²) in [7, 11) is 1.89. The van der Waals surface area contributed by atoms with Gasteiger partial charge >= 0.3 is 0 Å². The van der Waals surface area contributed by atoms with Crippen molar-refractivity contribution in [2.45, 2.75) is 13.3 Å². The number of fused-ring (bicyclic) bond motifs is 1. The van der Waals surface area contributed by atoms with Crippen molar-refractivity contribution in [1.82, 2.24) is 20.0 Å². The van der Waals surface area contributed by atoms with Gasteiger partial charge in [0.05, 0.1) is 11.2 Å². The minimum absolute atomic E-state index is 0.237. The number of nitrogens with one attached hydrogen (secondary N) is 2. The van der Waals surface area contributed by atoms with E-state index in [2.05, 4.69) is 20.6 Å². The molecule has 2 N–H and O–H groups in total.